The van der Waals surface area contributed by atoms with Gasteiger partial charge in [-0.2, -0.15) is 0 Å². The fourth-order valence-electron chi connectivity index (χ4n) is 2.93. The molecule has 1 fully saturated rings. The number of rotatable bonds is 7. The van der Waals surface area contributed by atoms with Gasteiger partial charge in [0.1, 0.15) is 5.75 Å². The van der Waals surface area contributed by atoms with Gasteiger partial charge in [0, 0.05) is 44.2 Å². The van der Waals surface area contributed by atoms with Gasteiger partial charge in [-0.25, -0.2) is 9.78 Å². The maximum atomic E-state index is 12.6. The van der Waals surface area contributed by atoms with Crippen molar-refractivity contribution in [1.82, 2.24) is 19.8 Å². The molecule has 7 nitrogen and oxygen atoms in total. The third kappa shape index (κ3) is 4.96. The van der Waals surface area contributed by atoms with Gasteiger partial charge in [0.05, 0.1) is 19.0 Å². The van der Waals surface area contributed by atoms with E-state index < -0.39 is 0 Å². The molecule has 0 bridgehead atoms. The number of phenols is 1. The van der Waals surface area contributed by atoms with Crippen molar-refractivity contribution < 1.29 is 14.6 Å². The number of imidazole rings is 1. The second-order valence-electron chi connectivity index (χ2n) is 6.18. The number of benzene rings is 1. The Labute approximate surface area is 147 Å². The number of urea groups is 1. The summed E-state index contributed by atoms with van der Waals surface area (Å²) in [6.07, 6.45) is 7.34. The molecular formula is C18H24N4O3. The van der Waals surface area contributed by atoms with Crippen molar-refractivity contribution in [3.8, 4) is 5.75 Å². The molecule has 2 N–H and O–H groups in total. The third-order valence-corrected chi connectivity index (χ3v) is 4.29. The van der Waals surface area contributed by atoms with E-state index in [0.29, 0.717) is 26.2 Å². The molecule has 1 aliphatic rings. The fourth-order valence-corrected chi connectivity index (χ4v) is 2.93. The van der Waals surface area contributed by atoms with Gasteiger partial charge in [0.15, 0.2) is 0 Å². The van der Waals surface area contributed by atoms with Crippen molar-refractivity contribution >= 4 is 6.03 Å². The maximum absolute atomic E-state index is 12.6. The van der Waals surface area contributed by atoms with E-state index in [9.17, 15) is 9.90 Å². The number of nitrogens with one attached hydrogen (secondary N) is 1. The van der Waals surface area contributed by atoms with Crippen molar-refractivity contribution in [2.24, 2.45) is 0 Å². The Bertz CT molecular complexity index is 669. The van der Waals surface area contributed by atoms with Crippen LogP contribution in [-0.2, 0) is 17.8 Å². The lowest BCUT2D eigenvalue weighted by atomic mass is 10.1. The van der Waals surface area contributed by atoms with E-state index in [1.807, 2.05) is 22.9 Å². The van der Waals surface area contributed by atoms with Crippen LogP contribution in [0.4, 0.5) is 4.79 Å². The molecule has 7 heteroatoms. The smallest absolute Gasteiger partial charge is 0.317 e. The molecule has 0 radical (unpaired) electrons. The second kappa shape index (κ2) is 8.53. The Morgan fingerprint density at radius 2 is 2.32 bits per heavy atom. The number of phenolic OH excluding ortho intramolecular Hbond substituents is 1. The molecule has 25 heavy (non-hydrogen) atoms. The van der Waals surface area contributed by atoms with E-state index in [1.165, 1.54) is 0 Å². The highest BCUT2D eigenvalue weighted by Gasteiger charge is 2.23. The van der Waals surface area contributed by atoms with E-state index in [1.54, 1.807) is 29.6 Å². The molecule has 2 heterocycles. The van der Waals surface area contributed by atoms with Crippen LogP contribution in [0.25, 0.3) is 0 Å². The van der Waals surface area contributed by atoms with Gasteiger partial charge in [-0.1, -0.05) is 18.2 Å². The van der Waals surface area contributed by atoms with E-state index in [0.717, 1.165) is 25.0 Å². The summed E-state index contributed by atoms with van der Waals surface area (Å²) in [5.41, 5.74) is 0.727. The molecule has 2 aromatic rings. The standard InChI is InChI=1S/C18H24N4O3/c23-17-6-2-1-4-15(17)12-22(13-16-5-3-11-25-16)18(24)20-8-10-21-9-7-19-14-21/h1-2,4,6-7,9,14,16,23H,3,5,8,10-13H2,(H,20,24). The van der Waals surface area contributed by atoms with Crippen molar-refractivity contribution in [2.75, 3.05) is 19.7 Å². The number of aromatic hydroxyl groups is 1. The summed E-state index contributed by atoms with van der Waals surface area (Å²) in [4.78, 5) is 18.3. The predicted molar refractivity (Wildman–Crippen MR) is 93.1 cm³/mol. The summed E-state index contributed by atoms with van der Waals surface area (Å²) >= 11 is 0. The van der Waals surface area contributed by atoms with Gasteiger partial charge in [0.2, 0.25) is 0 Å². The summed E-state index contributed by atoms with van der Waals surface area (Å²) in [6.45, 7) is 2.79. The van der Waals surface area contributed by atoms with Crippen LogP contribution in [-0.4, -0.2) is 51.4 Å². The van der Waals surface area contributed by atoms with Crippen LogP contribution < -0.4 is 5.32 Å². The summed E-state index contributed by atoms with van der Waals surface area (Å²) < 4.78 is 7.58. The molecule has 1 aliphatic heterocycles. The van der Waals surface area contributed by atoms with Gasteiger partial charge in [0.25, 0.3) is 0 Å². The summed E-state index contributed by atoms with van der Waals surface area (Å²) in [7, 11) is 0. The Kier molecular flexibility index (Phi) is 5.90. The first-order valence-corrected chi connectivity index (χ1v) is 8.59. The lowest BCUT2D eigenvalue weighted by molar-refractivity contribution is 0.0792. The number of ether oxygens (including phenoxy) is 1. The molecule has 3 rings (SSSR count). The number of carbonyl (C=O) groups is 1. The minimum absolute atomic E-state index is 0.0604. The topological polar surface area (TPSA) is 79.6 Å². The van der Waals surface area contributed by atoms with Gasteiger partial charge < -0.3 is 24.6 Å². The number of nitrogens with zero attached hydrogens (tertiary/aromatic N) is 3. The van der Waals surface area contributed by atoms with E-state index in [4.69, 9.17) is 4.74 Å². The molecule has 1 atom stereocenters. The first-order chi connectivity index (χ1) is 12.2. The normalized spacial score (nSPS) is 16.7. The average molecular weight is 344 g/mol. The molecule has 1 saturated heterocycles. The van der Waals surface area contributed by atoms with Crippen molar-refractivity contribution in [1.29, 1.82) is 0 Å². The molecule has 1 aromatic heterocycles. The zero-order chi connectivity index (χ0) is 17.5. The average Bonchev–Trinajstić information content (AvgIpc) is 3.30. The lowest BCUT2D eigenvalue weighted by Gasteiger charge is -2.26. The van der Waals surface area contributed by atoms with Gasteiger partial charge >= 0.3 is 6.03 Å². The largest absolute Gasteiger partial charge is 0.508 e. The molecule has 2 amide bonds. The summed E-state index contributed by atoms with van der Waals surface area (Å²) in [5.74, 6) is 0.200. The molecule has 134 valence electrons. The first kappa shape index (κ1) is 17.3. The van der Waals surface area contributed by atoms with Gasteiger partial charge in [-0.3, -0.25) is 0 Å². The van der Waals surface area contributed by atoms with E-state index in [2.05, 4.69) is 10.3 Å². The van der Waals surface area contributed by atoms with E-state index in [-0.39, 0.29) is 17.9 Å². The number of amides is 2. The van der Waals surface area contributed by atoms with Crippen LogP contribution >= 0.6 is 0 Å². The predicted octanol–water partition coefficient (Wildman–Crippen LogP) is 1.98. The van der Waals surface area contributed by atoms with Gasteiger partial charge in [-0.05, 0) is 18.9 Å². The van der Waals surface area contributed by atoms with Crippen LogP contribution in [0.3, 0.4) is 0 Å². The van der Waals surface area contributed by atoms with Crippen molar-refractivity contribution in [2.45, 2.75) is 32.0 Å². The minimum Gasteiger partial charge on any atom is -0.508 e. The maximum Gasteiger partial charge on any atom is 0.317 e. The third-order valence-electron chi connectivity index (χ3n) is 4.29. The number of aromatic nitrogens is 2. The SMILES string of the molecule is O=C(NCCn1ccnc1)N(Cc1ccccc1O)CC1CCCO1. The molecular weight excluding hydrogens is 320 g/mol. The highest BCUT2D eigenvalue weighted by Crippen LogP contribution is 2.20. The first-order valence-electron chi connectivity index (χ1n) is 8.59. The van der Waals surface area contributed by atoms with Crippen LogP contribution in [0, 0.1) is 0 Å². The van der Waals surface area contributed by atoms with Crippen molar-refractivity contribution in [3.05, 3.63) is 48.5 Å². The number of para-hydroxylation sites is 1. The fraction of sp³-hybridized carbons (Fsp3) is 0.444. The molecule has 0 aliphatic carbocycles. The molecule has 0 saturated carbocycles. The lowest BCUT2D eigenvalue weighted by Crippen LogP contribution is -2.44. The number of carbonyl (C=O) groups excluding carboxylic acids is 1. The van der Waals surface area contributed by atoms with E-state index >= 15 is 0 Å². The molecule has 1 aromatic carbocycles. The van der Waals surface area contributed by atoms with Crippen LogP contribution in [0.2, 0.25) is 0 Å². The zero-order valence-electron chi connectivity index (χ0n) is 14.2. The Morgan fingerprint density at radius 1 is 1.44 bits per heavy atom. The minimum atomic E-state index is -0.154. The second-order valence-corrected chi connectivity index (χ2v) is 6.18. The van der Waals surface area contributed by atoms with Crippen LogP contribution in [0.5, 0.6) is 5.75 Å². The van der Waals surface area contributed by atoms with Crippen LogP contribution in [0.1, 0.15) is 18.4 Å². The molecule has 0 spiro atoms. The monoisotopic (exact) mass is 344 g/mol. The Morgan fingerprint density at radius 3 is 3.04 bits per heavy atom. The van der Waals surface area contributed by atoms with Gasteiger partial charge in [-0.15, -0.1) is 0 Å². The van der Waals surface area contributed by atoms with Crippen molar-refractivity contribution in [3.63, 3.8) is 0 Å². The zero-order valence-corrected chi connectivity index (χ0v) is 14.2. The quantitative estimate of drug-likeness (QED) is 0.805. The summed E-state index contributed by atoms with van der Waals surface area (Å²) in [5, 5.41) is 12.9. The number of hydrogen-bond donors (Lipinski definition) is 2. The van der Waals surface area contributed by atoms with Crippen LogP contribution in [0.15, 0.2) is 43.0 Å². The highest BCUT2D eigenvalue weighted by atomic mass is 16.5. The Balaban J connectivity index is 1.60. The Hall–Kier alpha value is -2.54. The highest BCUT2D eigenvalue weighted by molar-refractivity contribution is 5.74. The number of hydrogen-bond acceptors (Lipinski definition) is 4. The summed E-state index contributed by atoms with van der Waals surface area (Å²) in [6, 6.07) is 6.94. The molecule has 1 unspecified atom stereocenters.